The Bertz CT molecular complexity index is 567. The first-order chi connectivity index (χ1) is 9.90. The minimum Gasteiger partial charge on any atom is -0.478 e. The number of nitro benzene ring substituents is 1. The predicted octanol–water partition coefficient (Wildman–Crippen LogP) is 2.58. The largest absolute Gasteiger partial charge is 0.478 e. The fourth-order valence-electron chi connectivity index (χ4n) is 2.50. The molecule has 1 aromatic carbocycles. The van der Waals surface area contributed by atoms with Crippen LogP contribution in [-0.2, 0) is 4.74 Å². The fraction of sp³-hybridized carbons (Fsp3) is 0.500. The number of hydrogen-bond acceptors (Lipinski definition) is 5. The van der Waals surface area contributed by atoms with Gasteiger partial charge in [0.05, 0.1) is 16.6 Å². The van der Waals surface area contributed by atoms with E-state index in [-0.39, 0.29) is 23.4 Å². The summed E-state index contributed by atoms with van der Waals surface area (Å²) in [6.45, 7) is 4.24. The minimum absolute atomic E-state index is 0.0388. The monoisotopic (exact) mass is 294 g/mol. The van der Waals surface area contributed by atoms with Crippen molar-refractivity contribution in [3.8, 4) is 0 Å². The lowest BCUT2D eigenvalue weighted by molar-refractivity contribution is -0.385. The molecule has 7 nitrogen and oxygen atoms in total. The highest BCUT2D eigenvalue weighted by atomic mass is 16.6. The van der Waals surface area contributed by atoms with E-state index in [4.69, 9.17) is 9.84 Å². The molecule has 2 unspecified atom stereocenters. The minimum atomic E-state index is -1.19. The molecule has 1 aromatic rings. The Morgan fingerprint density at radius 1 is 1.57 bits per heavy atom. The van der Waals surface area contributed by atoms with Crippen molar-refractivity contribution < 1.29 is 19.6 Å². The van der Waals surface area contributed by atoms with Crippen LogP contribution in [0.3, 0.4) is 0 Å². The fourth-order valence-corrected chi connectivity index (χ4v) is 2.50. The molecule has 0 spiro atoms. The zero-order valence-electron chi connectivity index (χ0n) is 12.0. The molecular formula is C14H18N2O5. The quantitative estimate of drug-likeness (QED) is 0.639. The van der Waals surface area contributed by atoms with Gasteiger partial charge in [-0.2, -0.15) is 0 Å². The Morgan fingerprint density at radius 2 is 2.29 bits per heavy atom. The number of carboxylic acids is 1. The third-order valence-corrected chi connectivity index (χ3v) is 3.73. The molecule has 0 aromatic heterocycles. The predicted molar refractivity (Wildman–Crippen MR) is 76.9 cm³/mol. The number of anilines is 1. The third kappa shape index (κ3) is 3.30. The zero-order chi connectivity index (χ0) is 15.6. The Balaban J connectivity index is 2.32. The molecule has 1 aliphatic heterocycles. The molecule has 0 aliphatic carbocycles. The van der Waals surface area contributed by atoms with Crippen LogP contribution in [0.4, 0.5) is 11.4 Å². The van der Waals surface area contributed by atoms with Crippen molar-refractivity contribution in [2.45, 2.75) is 38.8 Å². The van der Waals surface area contributed by atoms with Crippen molar-refractivity contribution in [2.24, 2.45) is 0 Å². The summed E-state index contributed by atoms with van der Waals surface area (Å²) in [7, 11) is 0. The van der Waals surface area contributed by atoms with E-state index in [0.29, 0.717) is 17.9 Å². The molecule has 0 bridgehead atoms. The van der Waals surface area contributed by atoms with Gasteiger partial charge in [-0.3, -0.25) is 10.1 Å². The van der Waals surface area contributed by atoms with Gasteiger partial charge in [0.2, 0.25) is 0 Å². The summed E-state index contributed by atoms with van der Waals surface area (Å²) in [5.41, 5.74) is 0.589. The van der Waals surface area contributed by atoms with Crippen molar-refractivity contribution in [3.05, 3.63) is 33.4 Å². The lowest BCUT2D eigenvalue weighted by Gasteiger charge is -2.22. The molecule has 114 valence electrons. The summed E-state index contributed by atoms with van der Waals surface area (Å²) >= 11 is 0. The van der Waals surface area contributed by atoms with Crippen molar-refractivity contribution in [2.75, 3.05) is 11.9 Å². The lowest BCUT2D eigenvalue weighted by Crippen LogP contribution is -2.30. The Morgan fingerprint density at radius 3 is 2.81 bits per heavy atom. The summed E-state index contributed by atoms with van der Waals surface area (Å²) < 4.78 is 5.57. The summed E-state index contributed by atoms with van der Waals surface area (Å²) in [5.74, 6) is -1.19. The number of ether oxygens (including phenoxy) is 1. The van der Waals surface area contributed by atoms with Crippen LogP contribution < -0.4 is 5.32 Å². The van der Waals surface area contributed by atoms with Crippen LogP contribution in [0.15, 0.2) is 12.1 Å². The second-order valence-electron chi connectivity index (χ2n) is 5.21. The molecule has 7 heteroatoms. The van der Waals surface area contributed by atoms with E-state index in [1.165, 1.54) is 6.07 Å². The first-order valence-electron chi connectivity index (χ1n) is 6.80. The van der Waals surface area contributed by atoms with Crippen molar-refractivity contribution in [3.63, 3.8) is 0 Å². The van der Waals surface area contributed by atoms with Gasteiger partial charge in [-0.1, -0.05) is 0 Å². The van der Waals surface area contributed by atoms with Crippen molar-refractivity contribution >= 4 is 17.3 Å². The smallest absolute Gasteiger partial charge is 0.336 e. The van der Waals surface area contributed by atoms with E-state index in [9.17, 15) is 14.9 Å². The summed E-state index contributed by atoms with van der Waals surface area (Å²) in [4.78, 5) is 21.6. The zero-order valence-corrected chi connectivity index (χ0v) is 12.0. The first kappa shape index (κ1) is 15.2. The van der Waals surface area contributed by atoms with Gasteiger partial charge >= 0.3 is 5.97 Å². The second kappa shape index (κ2) is 6.09. The molecule has 0 radical (unpaired) electrons. The maximum absolute atomic E-state index is 11.1. The van der Waals surface area contributed by atoms with Crippen LogP contribution in [0.2, 0.25) is 0 Å². The van der Waals surface area contributed by atoms with Gasteiger partial charge in [-0.25, -0.2) is 4.79 Å². The number of aromatic carboxylic acids is 1. The van der Waals surface area contributed by atoms with E-state index >= 15 is 0 Å². The topological polar surface area (TPSA) is 102 Å². The first-order valence-corrected chi connectivity index (χ1v) is 6.80. The molecule has 2 atom stereocenters. The van der Waals surface area contributed by atoms with Crippen molar-refractivity contribution in [1.29, 1.82) is 0 Å². The average molecular weight is 294 g/mol. The van der Waals surface area contributed by atoms with E-state index in [1.54, 1.807) is 6.92 Å². The van der Waals surface area contributed by atoms with E-state index in [1.807, 2.05) is 6.92 Å². The number of rotatable bonds is 5. The van der Waals surface area contributed by atoms with Crippen LogP contribution in [0.1, 0.15) is 35.7 Å². The van der Waals surface area contributed by atoms with Crippen LogP contribution in [0.5, 0.6) is 0 Å². The second-order valence-corrected chi connectivity index (χ2v) is 5.21. The number of benzene rings is 1. The molecule has 2 N–H and O–H groups in total. The van der Waals surface area contributed by atoms with Crippen molar-refractivity contribution in [1.82, 2.24) is 0 Å². The maximum Gasteiger partial charge on any atom is 0.336 e. The van der Waals surface area contributed by atoms with Crippen LogP contribution in [-0.4, -0.2) is 34.8 Å². The number of carboxylic acid groups (broad SMARTS) is 1. The molecule has 1 saturated heterocycles. The molecule has 21 heavy (non-hydrogen) atoms. The molecule has 1 fully saturated rings. The Labute approximate surface area is 122 Å². The summed E-state index contributed by atoms with van der Waals surface area (Å²) in [5, 5.41) is 23.3. The molecule has 1 heterocycles. The van der Waals surface area contributed by atoms with Gasteiger partial charge in [0.15, 0.2) is 0 Å². The Kier molecular flexibility index (Phi) is 4.42. The number of nitro groups is 1. The SMILES string of the molecule is Cc1c(NC(C)C2CCCO2)cc(C(=O)O)cc1[N+](=O)[O-]. The lowest BCUT2D eigenvalue weighted by atomic mass is 10.0. The van der Waals surface area contributed by atoms with E-state index in [2.05, 4.69) is 5.32 Å². The van der Waals surface area contributed by atoms with E-state index in [0.717, 1.165) is 18.9 Å². The number of nitrogens with one attached hydrogen (secondary N) is 1. The van der Waals surface area contributed by atoms with Crippen LogP contribution in [0.25, 0.3) is 0 Å². The summed E-state index contributed by atoms with van der Waals surface area (Å²) in [6, 6.07) is 2.46. The Hall–Kier alpha value is -2.15. The molecule has 2 rings (SSSR count). The molecule has 1 aliphatic rings. The van der Waals surface area contributed by atoms with Gasteiger partial charge in [0, 0.05) is 30.0 Å². The highest BCUT2D eigenvalue weighted by molar-refractivity contribution is 5.90. The van der Waals surface area contributed by atoms with Gasteiger partial charge in [0.1, 0.15) is 0 Å². The highest BCUT2D eigenvalue weighted by Crippen LogP contribution is 2.29. The number of hydrogen-bond donors (Lipinski definition) is 2. The maximum atomic E-state index is 11.1. The van der Waals surface area contributed by atoms with E-state index < -0.39 is 10.9 Å². The normalized spacial score (nSPS) is 19.2. The number of nitrogens with zero attached hydrogens (tertiary/aromatic N) is 1. The number of carbonyl (C=O) groups is 1. The van der Waals surface area contributed by atoms with Gasteiger partial charge in [0.25, 0.3) is 5.69 Å². The van der Waals surface area contributed by atoms with Gasteiger partial charge in [-0.15, -0.1) is 0 Å². The van der Waals surface area contributed by atoms with Crippen LogP contribution in [0, 0.1) is 17.0 Å². The highest BCUT2D eigenvalue weighted by Gasteiger charge is 2.25. The van der Waals surface area contributed by atoms with Crippen LogP contribution >= 0.6 is 0 Å². The molecule has 0 saturated carbocycles. The molecular weight excluding hydrogens is 276 g/mol. The molecule has 0 amide bonds. The average Bonchev–Trinajstić information content (AvgIpc) is 2.94. The van der Waals surface area contributed by atoms with Gasteiger partial charge in [-0.05, 0) is 32.8 Å². The summed E-state index contributed by atoms with van der Waals surface area (Å²) in [6.07, 6.45) is 1.95. The standard InChI is InChI=1S/C14H18N2O5/c1-8-11(15-9(2)13-4-3-5-21-13)6-10(14(17)18)7-12(8)16(19)20/h6-7,9,13,15H,3-5H2,1-2H3,(H,17,18). The van der Waals surface area contributed by atoms with Gasteiger partial charge < -0.3 is 15.2 Å². The third-order valence-electron chi connectivity index (χ3n) is 3.73.